The van der Waals surface area contributed by atoms with Crippen LogP contribution >= 0.6 is 0 Å². The molecular weight excluding hydrogens is 376 g/mol. The van der Waals surface area contributed by atoms with Crippen LogP contribution in [0, 0.1) is 18.6 Å². The molecule has 2 aromatic rings. The highest BCUT2D eigenvalue weighted by Crippen LogP contribution is 2.33. The third-order valence-electron chi connectivity index (χ3n) is 5.80. The van der Waals surface area contributed by atoms with Gasteiger partial charge in [0.1, 0.15) is 17.7 Å². The molecule has 2 heterocycles. The summed E-state index contributed by atoms with van der Waals surface area (Å²) in [7, 11) is 0. The summed E-state index contributed by atoms with van der Waals surface area (Å²) in [6.07, 6.45) is 1.00. The minimum absolute atomic E-state index is 0.00632. The van der Waals surface area contributed by atoms with Gasteiger partial charge in [-0.05, 0) is 48.7 Å². The van der Waals surface area contributed by atoms with E-state index >= 15 is 0 Å². The molecule has 2 N–H and O–H groups in total. The molecule has 2 amide bonds. The van der Waals surface area contributed by atoms with E-state index in [2.05, 4.69) is 10.6 Å². The first-order valence-corrected chi connectivity index (χ1v) is 9.73. The van der Waals surface area contributed by atoms with Gasteiger partial charge in [-0.25, -0.2) is 8.78 Å². The van der Waals surface area contributed by atoms with Crippen molar-refractivity contribution in [3.63, 3.8) is 0 Å². The number of aryl methyl sites for hydroxylation is 1. The van der Waals surface area contributed by atoms with Crippen molar-refractivity contribution in [2.24, 2.45) is 0 Å². The van der Waals surface area contributed by atoms with Gasteiger partial charge >= 0.3 is 0 Å². The lowest BCUT2D eigenvalue weighted by atomic mass is 9.97. The molecule has 0 bridgehead atoms. The van der Waals surface area contributed by atoms with Crippen molar-refractivity contribution in [1.29, 1.82) is 0 Å². The standard InChI is InChI=1S/C22H23F2N3O2/c1-12-3-4-19(24)18-10-20(26-21(12)18)22(29)25-17-8-15(7-16(23)9-17)14-5-6-27(11-14)13(2)28/h3-4,7-9,14,20,26H,5-6,10-11H2,1-2H3,(H,25,29). The molecule has 2 aliphatic rings. The molecule has 2 aromatic carbocycles. The first kappa shape index (κ1) is 19.4. The number of hydrogen-bond donors (Lipinski definition) is 2. The Kier molecular flexibility index (Phi) is 4.98. The van der Waals surface area contributed by atoms with Crippen LogP contribution in [0.4, 0.5) is 20.2 Å². The van der Waals surface area contributed by atoms with Crippen molar-refractivity contribution in [1.82, 2.24) is 4.90 Å². The van der Waals surface area contributed by atoms with Gasteiger partial charge in [0.15, 0.2) is 0 Å². The van der Waals surface area contributed by atoms with Crippen molar-refractivity contribution in [2.75, 3.05) is 23.7 Å². The average molecular weight is 399 g/mol. The van der Waals surface area contributed by atoms with Crippen LogP contribution in [0.5, 0.6) is 0 Å². The summed E-state index contributed by atoms with van der Waals surface area (Å²) < 4.78 is 28.2. The maximum Gasteiger partial charge on any atom is 0.247 e. The third-order valence-corrected chi connectivity index (χ3v) is 5.80. The molecule has 152 valence electrons. The highest BCUT2D eigenvalue weighted by molar-refractivity contribution is 5.98. The van der Waals surface area contributed by atoms with E-state index in [1.807, 2.05) is 6.92 Å². The van der Waals surface area contributed by atoms with Crippen LogP contribution in [-0.2, 0) is 16.0 Å². The molecule has 29 heavy (non-hydrogen) atoms. The number of carbonyl (C=O) groups excluding carboxylic acids is 2. The Morgan fingerprint density at radius 3 is 2.69 bits per heavy atom. The molecule has 0 spiro atoms. The molecule has 2 atom stereocenters. The quantitative estimate of drug-likeness (QED) is 0.829. The lowest BCUT2D eigenvalue weighted by Gasteiger charge is -2.16. The summed E-state index contributed by atoms with van der Waals surface area (Å²) in [6.45, 7) is 4.57. The summed E-state index contributed by atoms with van der Waals surface area (Å²) in [5.41, 5.74) is 3.15. The summed E-state index contributed by atoms with van der Waals surface area (Å²) in [6, 6.07) is 6.93. The largest absolute Gasteiger partial charge is 0.373 e. The van der Waals surface area contributed by atoms with Gasteiger partial charge in [0.25, 0.3) is 0 Å². The maximum atomic E-state index is 14.2. The second kappa shape index (κ2) is 7.46. The molecule has 2 unspecified atom stereocenters. The lowest BCUT2D eigenvalue weighted by Crippen LogP contribution is -2.33. The topological polar surface area (TPSA) is 61.4 Å². The van der Waals surface area contributed by atoms with Gasteiger partial charge in [0, 0.05) is 49.3 Å². The van der Waals surface area contributed by atoms with Gasteiger partial charge in [-0.3, -0.25) is 9.59 Å². The van der Waals surface area contributed by atoms with Crippen LogP contribution in [0.25, 0.3) is 0 Å². The van der Waals surface area contributed by atoms with E-state index in [9.17, 15) is 18.4 Å². The van der Waals surface area contributed by atoms with E-state index in [4.69, 9.17) is 0 Å². The number of halogens is 2. The van der Waals surface area contributed by atoms with Crippen LogP contribution in [0.3, 0.4) is 0 Å². The first-order valence-electron chi connectivity index (χ1n) is 9.73. The second-order valence-electron chi connectivity index (χ2n) is 7.83. The highest BCUT2D eigenvalue weighted by Gasteiger charge is 2.31. The number of benzene rings is 2. The summed E-state index contributed by atoms with van der Waals surface area (Å²) in [4.78, 5) is 26.0. The Hall–Kier alpha value is -2.96. The second-order valence-corrected chi connectivity index (χ2v) is 7.83. The van der Waals surface area contributed by atoms with Gasteiger partial charge < -0.3 is 15.5 Å². The van der Waals surface area contributed by atoms with Crippen LogP contribution in [0.15, 0.2) is 30.3 Å². The molecule has 0 aliphatic carbocycles. The highest BCUT2D eigenvalue weighted by atomic mass is 19.1. The molecule has 7 heteroatoms. The zero-order valence-electron chi connectivity index (χ0n) is 16.4. The van der Waals surface area contributed by atoms with Crippen molar-refractivity contribution >= 4 is 23.2 Å². The normalized spacial score (nSPS) is 20.3. The van der Waals surface area contributed by atoms with Crippen molar-refractivity contribution in [3.8, 4) is 0 Å². The van der Waals surface area contributed by atoms with Crippen molar-refractivity contribution in [3.05, 3.63) is 58.7 Å². The van der Waals surface area contributed by atoms with Gasteiger partial charge in [-0.15, -0.1) is 0 Å². The smallest absolute Gasteiger partial charge is 0.247 e. The summed E-state index contributed by atoms with van der Waals surface area (Å²) >= 11 is 0. The van der Waals surface area contributed by atoms with Gasteiger partial charge in [0.05, 0.1) is 0 Å². The molecule has 5 nitrogen and oxygen atoms in total. The average Bonchev–Trinajstić information content (AvgIpc) is 3.32. The van der Waals surface area contributed by atoms with Crippen LogP contribution < -0.4 is 10.6 Å². The Bertz CT molecular complexity index is 961. The molecule has 0 radical (unpaired) electrons. The zero-order valence-corrected chi connectivity index (χ0v) is 16.4. The molecule has 1 saturated heterocycles. The Labute approximate surface area is 168 Å². The summed E-state index contributed by atoms with van der Waals surface area (Å²) in [5.74, 6) is -1.07. The van der Waals surface area contributed by atoms with E-state index in [1.165, 1.54) is 25.1 Å². The minimum Gasteiger partial charge on any atom is -0.373 e. The Balaban J connectivity index is 1.48. The molecular formula is C22H23F2N3O2. The number of fused-ring (bicyclic) bond motifs is 1. The lowest BCUT2D eigenvalue weighted by molar-refractivity contribution is -0.127. The first-order chi connectivity index (χ1) is 13.8. The zero-order chi connectivity index (χ0) is 20.7. The molecule has 0 aromatic heterocycles. The van der Waals surface area contributed by atoms with E-state index < -0.39 is 11.9 Å². The predicted octanol–water partition coefficient (Wildman–Crippen LogP) is 3.58. The molecule has 1 fully saturated rings. The summed E-state index contributed by atoms with van der Waals surface area (Å²) in [5, 5.41) is 5.83. The Morgan fingerprint density at radius 2 is 2.00 bits per heavy atom. The molecule has 0 saturated carbocycles. The molecule has 2 aliphatic heterocycles. The SMILES string of the molecule is CC(=O)N1CCC(c2cc(F)cc(NC(=O)C3Cc4c(F)ccc(C)c4N3)c2)C1. The van der Waals surface area contributed by atoms with Crippen molar-refractivity contribution in [2.45, 2.75) is 38.6 Å². The van der Waals surface area contributed by atoms with Crippen LogP contribution in [-0.4, -0.2) is 35.8 Å². The molecule has 4 rings (SSSR count). The fourth-order valence-electron chi connectivity index (χ4n) is 4.20. The predicted molar refractivity (Wildman–Crippen MR) is 107 cm³/mol. The maximum absolute atomic E-state index is 14.2. The van der Waals surface area contributed by atoms with E-state index in [0.717, 1.165) is 17.5 Å². The number of nitrogens with zero attached hydrogens (tertiary/aromatic N) is 1. The van der Waals surface area contributed by atoms with E-state index in [-0.39, 0.29) is 30.0 Å². The number of hydrogen-bond acceptors (Lipinski definition) is 3. The fraction of sp³-hybridized carbons (Fsp3) is 0.364. The number of anilines is 2. The number of likely N-dealkylation sites (tertiary alicyclic amines) is 1. The third kappa shape index (κ3) is 3.81. The minimum atomic E-state index is -0.619. The van der Waals surface area contributed by atoms with Crippen molar-refractivity contribution < 1.29 is 18.4 Å². The van der Waals surface area contributed by atoms with Gasteiger partial charge in [-0.1, -0.05) is 6.07 Å². The van der Waals surface area contributed by atoms with Gasteiger partial charge in [0.2, 0.25) is 11.8 Å². The number of amides is 2. The fourth-order valence-corrected chi connectivity index (χ4v) is 4.20. The Morgan fingerprint density at radius 1 is 1.21 bits per heavy atom. The number of nitrogens with one attached hydrogen (secondary N) is 2. The number of carbonyl (C=O) groups is 2. The monoisotopic (exact) mass is 399 g/mol. The number of rotatable bonds is 3. The van der Waals surface area contributed by atoms with Gasteiger partial charge in [-0.2, -0.15) is 0 Å². The van der Waals surface area contributed by atoms with Crippen LogP contribution in [0.1, 0.15) is 36.0 Å². The van der Waals surface area contributed by atoms with Crippen LogP contribution in [0.2, 0.25) is 0 Å². The van der Waals surface area contributed by atoms with E-state index in [1.54, 1.807) is 17.0 Å². The van der Waals surface area contributed by atoms with E-state index in [0.29, 0.717) is 30.0 Å².